The fourth-order valence-corrected chi connectivity index (χ4v) is 2.29. The van der Waals surface area contributed by atoms with Gasteiger partial charge in [-0.3, -0.25) is 0 Å². The van der Waals surface area contributed by atoms with E-state index in [-0.39, 0.29) is 11.7 Å². The summed E-state index contributed by atoms with van der Waals surface area (Å²) in [5, 5.41) is 2.83. The maximum Gasteiger partial charge on any atom is 0.252 e. The molecule has 19 heavy (non-hydrogen) atoms. The molecule has 0 aromatic carbocycles. The monoisotopic (exact) mass is 270 g/mol. The van der Waals surface area contributed by atoms with Gasteiger partial charge in [0.05, 0.1) is 6.61 Å². The van der Waals surface area contributed by atoms with E-state index in [1.54, 1.807) is 0 Å². The average molecular weight is 270 g/mol. The molecule has 0 saturated heterocycles. The molecule has 1 aromatic heterocycles. The molecule has 1 aromatic rings. The highest BCUT2D eigenvalue weighted by atomic mass is 19.1. The van der Waals surface area contributed by atoms with E-state index in [4.69, 9.17) is 4.74 Å². The summed E-state index contributed by atoms with van der Waals surface area (Å²) in [4.78, 5) is 3.89. The zero-order valence-electron chi connectivity index (χ0n) is 11.2. The Morgan fingerprint density at radius 2 is 2.05 bits per heavy atom. The molecule has 0 radical (unpaired) electrons. The minimum atomic E-state index is -0.738. The number of ether oxygens (including phenoxy) is 1. The maximum absolute atomic E-state index is 13.6. The molecule has 0 aliphatic heterocycles. The van der Waals surface area contributed by atoms with Gasteiger partial charge in [-0.2, -0.15) is 4.98 Å². The standard InChI is InChI=1S/C14H20F2N2O/c1-2-7-17-13-11(15)8-12(16)14(18-13)19-9-10-5-3-4-6-10/h8,10H,2-7,9H2,1H3,(H,17,18). The van der Waals surface area contributed by atoms with Gasteiger partial charge >= 0.3 is 0 Å². The molecule has 0 atom stereocenters. The van der Waals surface area contributed by atoms with Crippen LogP contribution >= 0.6 is 0 Å². The first kappa shape index (κ1) is 14.0. The van der Waals surface area contributed by atoms with Gasteiger partial charge in [0.1, 0.15) is 0 Å². The third-order valence-electron chi connectivity index (χ3n) is 3.37. The van der Waals surface area contributed by atoms with Crippen LogP contribution in [0.25, 0.3) is 0 Å². The molecular weight excluding hydrogens is 250 g/mol. The summed E-state index contributed by atoms with van der Waals surface area (Å²) in [5.41, 5.74) is 0. The van der Waals surface area contributed by atoms with Crippen molar-refractivity contribution in [1.29, 1.82) is 0 Å². The highest BCUT2D eigenvalue weighted by Crippen LogP contribution is 2.27. The first-order valence-electron chi connectivity index (χ1n) is 6.93. The SMILES string of the molecule is CCCNc1nc(OCC2CCCC2)c(F)cc1F. The van der Waals surface area contributed by atoms with Gasteiger partial charge in [0.2, 0.25) is 0 Å². The van der Waals surface area contributed by atoms with Crippen molar-refractivity contribution in [3.8, 4) is 5.88 Å². The third-order valence-corrected chi connectivity index (χ3v) is 3.37. The molecule has 1 fully saturated rings. The lowest BCUT2D eigenvalue weighted by Crippen LogP contribution is -2.12. The quantitative estimate of drug-likeness (QED) is 0.854. The Hall–Kier alpha value is -1.39. The summed E-state index contributed by atoms with van der Waals surface area (Å²) in [7, 11) is 0. The van der Waals surface area contributed by atoms with Crippen molar-refractivity contribution < 1.29 is 13.5 Å². The lowest BCUT2D eigenvalue weighted by molar-refractivity contribution is 0.232. The topological polar surface area (TPSA) is 34.2 Å². The molecule has 106 valence electrons. The molecule has 0 bridgehead atoms. The summed E-state index contributed by atoms with van der Waals surface area (Å²) in [5.74, 6) is -0.994. The van der Waals surface area contributed by atoms with Gasteiger partial charge in [-0.25, -0.2) is 8.78 Å². The van der Waals surface area contributed by atoms with E-state index in [1.807, 2.05) is 6.92 Å². The fraction of sp³-hybridized carbons (Fsp3) is 0.643. The average Bonchev–Trinajstić information content (AvgIpc) is 2.90. The molecule has 0 unspecified atom stereocenters. The van der Waals surface area contributed by atoms with Crippen LogP contribution in [0.2, 0.25) is 0 Å². The van der Waals surface area contributed by atoms with E-state index in [2.05, 4.69) is 10.3 Å². The number of rotatable bonds is 6. The second-order valence-corrected chi connectivity index (χ2v) is 4.99. The van der Waals surface area contributed by atoms with E-state index in [0.717, 1.165) is 25.3 Å². The molecule has 5 heteroatoms. The predicted octanol–water partition coefficient (Wildman–Crippen LogP) is 3.75. The largest absolute Gasteiger partial charge is 0.475 e. The van der Waals surface area contributed by atoms with E-state index in [9.17, 15) is 8.78 Å². The summed E-state index contributed by atoms with van der Waals surface area (Å²) < 4.78 is 32.4. The molecule has 1 saturated carbocycles. The van der Waals surface area contributed by atoms with Crippen LogP contribution in [0.1, 0.15) is 39.0 Å². The van der Waals surface area contributed by atoms with Gasteiger partial charge in [0.25, 0.3) is 5.88 Å². The Balaban J connectivity index is 2.01. The van der Waals surface area contributed by atoms with E-state index in [1.165, 1.54) is 12.8 Å². The van der Waals surface area contributed by atoms with E-state index < -0.39 is 11.6 Å². The Morgan fingerprint density at radius 1 is 1.32 bits per heavy atom. The van der Waals surface area contributed by atoms with Crippen LogP contribution in [-0.4, -0.2) is 18.1 Å². The van der Waals surface area contributed by atoms with Crippen molar-refractivity contribution in [2.45, 2.75) is 39.0 Å². The van der Waals surface area contributed by atoms with Crippen LogP contribution in [0.3, 0.4) is 0 Å². The van der Waals surface area contributed by atoms with Crippen LogP contribution in [0, 0.1) is 17.6 Å². The predicted molar refractivity (Wildman–Crippen MR) is 70.4 cm³/mol. The summed E-state index contributed by atoms with van der Waals surface area (Å²) >= 11 is 0. The normalized spacial score (nSPS) is 15.7. The van der Waals surface area contributed by atoms with Crippen molar-refractivity contribution in [2.24, 2.45) is 5.92 Å². The third kappa shape index (κ3) is 3.78. The smallest absolute Gasteiger partial charge is 0.252 e. The molecule has 0 spiro atoms. The minimum absolute atomic E-state index is 0.0599. The number of nitrogens with zero attached hydrogens (tertiary/aromatic N) is 1. The highest BCUT2D eigenvalue weighted by Gasteiger charge is 2.18. The van der Waals surface area contributed by atoms with Gasteiger partial charge in [-0.15, -0.1) is 0 Å². The van der Waals surface area contributed by atoms with Crippen molar-refractivity contribution in [2.75, 3.05) is 18.5 Å². The Labute approximate surface area is 112 Å². The molecule has 1 aliphatic rings. The molecule has 2 rings (SSSR count). The Kier molecular flexibility index (Phi) is 4.93. The zero-order valence-corrected chi connectivity index (χ0v) is 11.2. The number of pyridine rings is 1. The van der Waals surface area contributed by atoms with Gasteiger partial charge in [0, 0.05) is 12.6 Å². The molecular formula is C14H20F2N2O. The van der Waals surface area contributed by atoms with Gasteiger partial charge in [-0.05, 0) is 25.2 Å². The number of hydrogen-bond donors (Lipinski definition) is 1. The lowest BCUT2D eigenvalue weighted by Gasteiger charge is -2.13. The lowest BCUT2D eigenvalue weighted by atomic mass is 10.1. The van der Waals surface area contributed by atoms with Crippen LogP contribution < -0.4 is 10.1 Å². The molecule has 1 heterocycles. The number of anilines is 1. The highest BCUT2D eigenvalue weighted by molar-refractivity contribution is 5.39. The summed E-state index contributed by atoms with van der Waals surface area (Å²) in [6.07, 6.45) is 5.48. The van der Waals surface area contributed by atoms with Crippen molar-refractivity contribution in [3.05, 3.63) is 17.7 Å². The first-order chi connectivity index (χ1) is 9.20. The number of nitrogens with one attached hydrogen (secondary N) is 1. The van der Waals surface area contributed by atoms with Crippen molar-refractivity contribution in [1.82, 2.24) is 4.98 Å². The second-order valence-electron chi connectivity index (χ2n) is 4.99. The fourth-order valence-electron chi connectivity index (χ4n) is 2.29. The second kappa shape index (κ2) is 6.68. The number of hydrogen-bond acceptors (Lipinski definition) is 3. The molecule has 0 amide bonds. The number of aromatic nitrogens is 1. The maximum atomic E-state index is 13.6. The van der Waals surface area contributed by atoms with Gasteiger partial charge in [-0.1, -0.05) is 19.8 Å². The molecule has 3 nitrogen and oxygen atoms in total. The summed E-state index contributed by atoms with van der Waals surface area (Å²) in [6, 6.07) is 0.828. The van der Waals surface area contributed by atoms with Crippen LogP contribution in [0.4, 0.5) is 14.6 Å². The Bertz CT molecular complexity index is 420. The van der Waals surface area contributed by atoms with Crippen LogP contribution in [0.5, 0.6) is 5.88 Å². The first-order valence-corrected chi connectivity index (χ1v) is 6.93. The number of halogens is 2. The van der Waals surface area contributed by atoms with Crippen molar-refractivity contribution in [3.63, 3.8) is 0 Å². The van der Waals surface area contributed by atoms with E-state index >= 15 is 0 Å². The van der Waals surface area contributed by atoms with Crippen molar-refractivity contribution >= 4 is 5.82 Å². The molecule has 1 N–H and O–H groups in total. The van der Waals surface area contributed by atoms with Gasteiger partial charge in [0.15, 0.2) is 17.5 Å². The van der Waals surface area contributed by atoms with Crippen LogP contribution in [-0.2, 0) is 0 Å². The zero-order chi connectivity index (χ0) is 13.7. The van der Waals surface area contributed by atoms with Gasteiger partial charge < -0.3 is 10.1 Å². The molecule has 1 aliphatic carbocycles. The Morgan fingerprint density at radius 3 is 2.74 bits per heavy atom. The minimum Gasteiger partial charge on any atom is -0.475 e. The van der Waals surface area contributed by atoms with E-state index in [0.29, 0.717) is 19.1 Å². The van der Waals surface area contributed by atoms with Crippen LogP contribution in [0.15, 0.2) is 6.07 Å². The summed E-state index contributed by atoms with van der Waals surface area (Å²) in [6.45, 7) is 3.02.